The molecule has 1 aliphatic heterocycles. The van der Waals surface area contributed by atoms with E-state index in [0.29, 0.717) is 12.6 Å². The summed E-state index contributed by atoms with van der Waals surface area (Å²) >= 11 is 0. The zero-order chi connectivity index (χ0) is 18.9. The fourth-order valence-corrected chi connectivity index (χ4v) is 3.66. The number of hydrogen-bond donors (Lipinski definition) is 2. The maximum atomic E-state index is 6.29. The molecule has 158 valence electrons. The van der Waals surface area contributed by atoms with Crippen LogP contribution in [0.2, 0.25) is 0 Å². The van der Waals surface area contributed by atoms with Crippen LogP contribution in [-0.4, -0.2) is 63.4 Å². The van der Waals surface area contributed by atoms with Gasteiger partial charge in [-0.05, 0) is 44.2 Å². The van der Waals surface area contributed by atoms with Gasteiger partial charge in [-0.25, -0.2) is 0 Å². The molecule has 0 spiro atoms. The van der Waals surface area contributed by atoms with Crippen LogP contribution in [0.4, 0.5) is 0 Å². The van der Waals surface area contributed by atoms with Gasteiger partial charge in [-0.15, -0.1) is 24.0 Å². The molecule has 7 heteroatoms. The number of nitrogens with zero attached hydrogens (tertiary/aromatic N) is 2. The fraction of sp³-hybridized carbons (Fsp3) is 0.667. The molecular weight excluding hydrogens is 467 g/mol. The number of morpholine rings is 1. The van der Waals surface area contributed by atoms with E-state index in [9.17, 15) is 0 Å². The molecule has 1 aliphatic carbocycles. The summed E-state index contributed by atoms with van der Waals surface area (Å²) in [6.45, 7) is 8.40. The summed E-state index contributed by atoms with van der Waals surface area (Å²) in [7, 11) is 1.81. The van der Waals surface area contributed by atoms with Gasteiger partial charge in [0, 0.05) is 45.3 Å². The summed E-state index contributed by atoms with van der Waals surface area (Å²) in [6, 6.07) is 6.46. The molecule has 1 heterocycles. The number of benzene rings is 1. The summed E-state index contributed by atoms with van der Waals surface area (Å²) in [4.78, 5) is 6.76. The first-order valence-electron chi connectivity index (χ1n) is 10.3. The maximum Gasteiger partial charge on any atom is 0.191 e. The third kappa shape index (κ3) is 7.40. The van der Waals surface area contributed by atoms with Gasteiger partial charge in [0.1, 0.15) is 5.75 Å². The van der Waals surface area contributed by atoms with Gasteiger partial charge in [0.25, 0.3) is 0 Å². The first-order chi connectivity index (χ1) is 13.2. The minimum Gasteiger partial charge on any atom is -0.490 e. The third-order valence-electron chi connectivity index (χ3n) is 5.31. The molecule has 2 aliphatic rings. The van der Waals surface area contributed by atoms with E-state index in [4.69, 9.17) is 9.47 Å². The Morgan fingerprint density at radius 3 is 2.68 bits per heavy atom. The number of hydrogen-bond acceptors (Lipinski definition) is 4. The van der Waals surface area contributed by atoms with E-state index in [1.807, 2.05) is 7.05 Å². The van der Waals surface area contributed by atoms with Crippen molar-refractivity contribution in [1.82, 2.24) is 15.5 Å². The Hall–Kier alpha value is -1.06. The second-order valence-corrected chi connectivity index (χ2v) is 7.44. The Morgan fingerprint density at radius 1 is 1.21 bits per heavy atom. The number of guanidine groups is 1. The average molecular weight is 502 g/mol. The van der Waals surface area contributed by atoms with Crippen LogP contribution in [0, 0.1) is 6.92 Å². The molecule has 1 saturated carbocycles. The normalized spacial score (nSPS) is 18.6. The Kier molecular flexibility index (Phi) is 10.4. The topological polar surface area (TPSA) is 58.1 Å². The van der Waals surface area contributed by atoms with E-state index in [0.717, 1.165) is 51.1 Å². The monoisotopic (exact) mass is 502 g/mol. The van der Waals surface area contributed by atoms with Crippen molar-refractivity contribution in [2.24, 2.45) is 4.99 Å². The summed E-state index contributed by atoms with van der Waals surface area (Å²) in [5.41, 5.74) is 2.42. The minimum atomic E-state index is 0. The van der Waals surface area contributed by atoms with Gasteiger partial charge in [-0.3, -0.25) is 9.89 Å². The van der Waals surface area contributed by atoms with Crippen molar-refractivity contribution in [3.8, 4) is 5.75 Å². The lowest BCUT2D eigenvalue weighted by molar-refractivity contribution is 0.0389. The van der Waals surface area contributed by atoms with Gasteiger partial charge in [0.15, 0.2) is 5.96 Å². The SMILES string of the molecule is CN=C(NCCN1CCOCC1)NCc1ccc(C)cc1OC1CCCC1.I. The molecule has 6 nitrogen and oxygen atoms in total. The zero-order valence-corrected chi connectivity index (χ0v) is 19.5. The summed E-state index contributed by atoms with van der Waals surface area (Å²) in [5, 5.41) is 6.83. The van der Waals surface area contributed by atoms with Crippen LogP contribution in [-0.2, 0) is 11.3 Å². The first kappa shape index (κ1) is 23.2. The molecule has 0 amide bonds. The molecule has 0 unspecified atom stereocenters. The van der Waals surface area contributed by atoms with Crippen molar-refractivity contribution in [1.29, 1.82) is 0 Å². The predicted octanol–water partition coefficient (Wildman–Crippen LogP) is 2.93. The lowest BCUT2D eigenvalue weighted by Gasteiger charge is -2.26. The van der Waals surface area contributed by atoms with E-state index in [1.165, 1.54) is 36.8 Å². The van der Waals surface area contributed by atoms with Crippen molar-refractivity contribution in [2.45, 2.75) is 45.3 Å². The van der Waals surface area contributed by atoms with Crippen LogP contribution in [0.1, 0.15) is 36.8 Å². The van der Waals surface area contributed by atoms with Crippen LogP contribution >= 0.6 is 24.0 Å². The molecule has 2 N–H and O–H groups in total. The number of ether oxygens (including phenoxy) is 2. The van der Waals surface area contributed by atoms with Crippen LogP contribution in [0.15, 0.2) is 23.2 Å². The Bertz CT molecular complexity index is 614. The van der Waals surface area contributed by atoms with Gasteiger partial charge in [-0.1, -0.05) is 12.1 Å². The van der Waals surface area contributed by atoms with Crippen molar-refractivity contribution >= 4 is 29.9 Å². The highest BCUT2D eigenvalue weighted by Crippen LogP contribution is 2.27. The van der Waals surface area contributed by atoms with Crippen LogP contribution in [0.25, 0.3) is 0 Å². The zero-order valence-electron chi connectivity index (χ0n) is 17.2. The number of rotatable bonds is 7. The van der Waals surface area contributed by atoms with E-state index >= 15 is 0 Å². The van der Waals surface area contributed by atoms with Crippen molar-refractivity contribution in [2.75, 3.05) is 46.4 Å². The molecule has 0 bridgehead atoms. The average Bonchev–Trinajstić information content (AvgIpc) is 3.19. The highest BCUT2D eigenvalue weighted by Gasteiger charge is 2.18. The smallest absolute Gasteiger partial charge is 0.191 e. The van der Waals surface area contributed by atoms with Crippen LogP contribution in [0.3, 0.4) is 0 Å². The summed E-state index contributed by atoms with van der Waals surface area (Å²) in [5.74, 6) is 1.84. The molecular formula is C21H35IN4O2. The minimum absolute atomic E-state index is 0. The first-order valence-corrected chi connectivity index (χ1v) is 10.3. The number of aliphatic imine (C=N–C) groups is 1. The van der Waals surface area contributed by atoms with E-state index < -0.39 is 0 Å². The Balaban J connectivity index is 0.00000280. The molecule has 1 aromatic rings. The highest BCUT2D eigenvalue weighted by atomic mass is 127. The van der Waals surface area contributed by atoms with Gasteiger partial charge in [0.05, 0.1) is 19.3 Å². The van der Waals surface area contributed by atoms with Crippen LogP contribution < -0.4 is 15.4 Å². The van der Waals surface area contributed by atoms with E-state index in [1.54, 1.807) is 0 Å². The molecule has 3 rings (SSSR count). The molecule has 28 heavy (non-hydrogen) atoms. The molecule has 1 aromatic carbocycles. The molecule has 2 fully saturated rings. The summed E-state index contributed by atoms with van der Waals surface area (Å²) < 4.78 is 11.7. The predicted molar refractivity (Wildman–Crippen MR) is 125 cm³/mol. The van der Waals surface area contributed by atoms with E-state index in [-0.39, 0.29) is 24.0 Å². The third-order valence-corrected chi connectivity index (χ3v) is 5.31. The van der Waals surface area contributed by atoms with Gasteiger partial charge >= 0.3 is 0 Å². The Morgan fingerprint density at radius 2 is 1.96 bits per heavy atom. The second-order valence-electron chi connectivity index (χ2n) is 7.44. The second kappa shape index (κ2) is 12.5. The van der Waals surface area contributed by atoms with E-state index in [2.05, 4.69) is 45.6 Å². The van der Waals surface area contributed by atoms with Crippen molar-refractivity contribution < 1.29 is 9.47 Å². The molecule has 1 saturated heterocycles. The standard InChI is InChI=1S/C21H34N4O2.HI/c1-17-7-8-18(20(15-17)27-19-5-3-4-6-19)16-24-21(22-2)23-9-10-25-11-13-26-14-12-25;/h7-8,15,19H,3-6,9-14,16H2,1-2H3,(H2,22,23,24);1H. The van der Waals surface area contributed by atoms with Gasteiger partial charge < -0.3 is 20.1 Å². The largest absolute Gasteiger partial charge is 0.490 e. The quantitative estimate of drug-likeness (QED) is 0.341. The summed E-state index contributed by atoms with van der Waals surface area (Å²) in [6.07, 6.45) is 5.28. The fourth-order valence-electron chi connectivity index (χ4n) is 3.66. The molecule has 0 atom stereocenters. The molecule has 0 aromatic heterocycles. The van der Waals surface area contributed by atoms with Gasteiger partial charge in [-0.2, -0.15) is 0 Å². The lowest BCUT2D eigenvalue weighted by atomic mass is 10.1. The Labute approximate surface area is 186 Å². The van der Waals surface area contributed by atoms with Crippen molar-refractivity contribution in [3.63, 3.8) is 0 Å². The van der Waals surface area contributed by atoms with Crippen LogP contribution in [0.5, 0.6) is 5.75 Å². The highest BCUT2D eigenvalue weighted by molar-refractivity contribution is 14.0. The number of nitrogens with one attached hydrogen (secondary N) is 2. The molecule has 0 radical (unpaired) electrons. The number of halogens is 1. The van der Waals surface area contributed by atoms with Crippen molar-refractivity contribution in [3.05, 3.63) is 29.3 Å². The van der Waals surface area contributed by atoms with Gasteiger partial charge in [0.2, 0.25) is 0 Å². The maximum absolute atomic E-state index is 6.29. The number of aryl methyl sites for hydroxylation is 1. The lowest BCUT2D eigenvalue weighted by Crippen LogP contribution is -2.44.